The molecule has 0 radical (unpaired) electrons. The molecule has 26 heavy (non-hydrogen) atoms. The highest BCUT2D eigenvalue weighted by Crippen LogP contribution is 2.34. The van der Waals surface area contributed by atoms with E-state index in [1.54, 1.807) is 41.6 Å². The summed E-state index contributed by atoms with van der Waals surface area (Å²) in [5.74, 6) is 0. The van der Waals surface area contributed by atoms with Crippen molar-refractivity contribution in [2.45, 2.75) is 30.3 Å². The molecule has 6 heteroatoms. The SMILES string of the molecule is COCCCn1c(SC(C)c2ccccc2)nc2cc(Cl)ccc2c1=O. The lowest BCUT2D eigenvalue weighted by Gasteiger charge is -2.16. The first-order valence-electron chi connectivity index (χ1n) is 8.51. The van der Waals surface area contributed by atoms with Crippen LogP contribution in [0.1, 0.15) is 24.2 Å². The molecule has 0 aliphatic rings. The zero-order valence-corrected chi connectivity index (χ0v) is 16.4. The van der Waals surface area contributed by atoms with E-state index in [2.05, 4.69) is 19.1 Å². The maximum atomic E-state index is 13.0. The van der Waals surface area contributed by atoms with E-state index < -0.39 is 0 Å². The van der Waals surface area contributed by atoms with Crippen molar-refractivity contribution in [1.29, 1.82) is 0 Å². The minimum atomic E-state index is -0.0365. The number of benzene rings is 2. The highest BCUT2D eigenvalue weighted by Gasteiger charge is 2.16. The number of thioether (sulfide) groups is 1. The Balaban J connectivity index is 2.02. The number of fused-ring (bicyclic) bond motifs is 1. The van der Waals surface area contributed by atoms with Gasteiger partial charge in [0.25, 0.3) is 5.56 Å². The number of ether oxygens (including phenoxy) is 1. The number of hydrogen-bond donors (Lipinski definition) is 0. The Morgan fingerprint density at radius 2 is 2.00 bits per heavy atom. The summed E-state index contributed by atoms with van der Waals surface area (Å²) in [6.45, 7) is 3.29. The van der Waals surface area contributed by atoms with Crippen LogP contribution in [0.5, 0.6) is 0 Å². The summed E-state index contributed by atoms with van der Waals surface area (Å²) >= 11 is 7.68. The molecule has 0 amide bonds. The quantitative estimate of drug-likeness (QED) is 0.326. The van der Waals surface area contributed by atoms with Gasteiger partial charge in [-0.05, 0) is 37.1 Å². The largest absolute Gasteiger partial charge is 0.385 e. The number of rotatable bonds is 7. The van der Waals surface area contributed by atoms with Crippen molar-refractivity contribution < 1.29 is 4.74 Å². The Labute approximate surface area is 162 Å². The minimum absolute atomic E-state index is 0.0365. The first-order valence-corrected chi connectivity index (χ1v) is 9.76. The predicted molar refractivity (Wildman–Crippen MR) is 108 cm³/mol. The summed E-state index contributed by atoms with van der Waals surface area (Å²) in [4.78, 5) is 17.7. The third kappa shape index (κ3) is 4.29. The monoisotopic (exact) mass is 388 g/mol. The molecule has 1 atom stereocenters. The number of halogens is 1. The van der Waals surface area contributed by atoms with Crippen molar-refractivity contribution >= 4 is 34.3 Å². The summed E-state index contributed by atoms with van der Waals surface area (Å²) in [6.07, 6.45) is 0.754. The van der Waals surface area contributed by atoms with Gasteiger partial charge in [0.05, 0.1) is 10.9 Å². The van der Waals surface area contributed by atoms with E-state index in [9.17, 15) is 4.79 Å². The molecule has 1 aromatic heterocycles. The first-order chi connectivity index (χ1) is 12.6. The van der Waals surface area contributed by atoms with Crippen molar-refractivity contribution in [1.82, 2.24) is 9.55 Å². The van der Waals surface area contributed by atoms with Crippen LogP contribution in [0.3, 0.4) is 0 Å². The average Bonchev–Trinajstić information content (AvgIpc) is 2.64. The van der Waals surface area contributed by atoms with Crippen LogP contribution in [-0.2, 0) is 11.3 Å². The topological polar surface area (TPSA) is 44.1 Å². The summed E-state index contributed by atoms with van der Waals surface area (Å²) in [5.41, 5.74) is 1.79. The fourth-order valence-electron chi connectivity index (χ4n) is 2.78. The van der Waals surface area contributed by atoms with E-state index >= 15 is 0 Å². The van der Waals surface area contributed by atoms with Crippen LogP contribution in [0.25, 0.3) is 10.9 Å². The third-order valence-electron chi connectivity index (χ3n) is 4.16. The molecule has 0 spiro atoms. The van der Waals surface area contributed by atoms with Crippen LogP contribution in [0, 0.1) is 0 Å². The predicted octanol–water partition coefficient (Wildman–Crippen LogP) is 4.94. The number of methoxy groups -OCH3 is 1. The standard InChI is InChI=1S/C20H21ClN2O2S/c1-14(15-7-4-3-5-8-15)26-20-22-18-13-16(21)9-10-17(18)19(24)23(20)11-6-12-25-2/h3-5,7-10,13-14H,6,11-12H2,1-2H3. The molecular formula is C20H21ClN2O2S. The molecule has 1 heterocycles. The van der Waals surface area contributed by atoms with E-state index in [-0.39, 0.29) is 10.8 Å². The smallest absolute Gasteiger partial charge is 0.262 e. The molecule has 1 unspecified atom stereocenters. The van der Waals surface area contributed by atoms with Crippen molar-refractivity contribution in [3.8, 4) is 0 Å². The van der Waals surface area contributed by atoms with E-state index in [1.807, 2.05) is 18.2 Å². The van der Waals surface area contributed by atoms with Crippen molar-refractivity contribution in [3.05, 3.63) is 69.5 Å². The Kier molecular flexibility index (Phi) is 6.35. The molecule has 0 aliphatic heterocycles. The van der Waals surface area contributed by atoms with Crippen LogP contribution >= 0.6 is 23.4 Å². The van der Waals surface area contributed by atoms with Crippen LogP contribution in [-0.4, -0.2) is 23.3 Å². The number of aromatic nitrogens is 2. The third-order valence-corrected chi connectivity index (χ3v) is 5.55. The minimum Gasteiger partial charge on any atom is -0.385 e. The van der Waals surface area contributed by atoms with Gasteiger partial charge in [-0.1, -0.05) is 53.7 Å². The molecule has 0 saturated heterocycles. The summed E-state index contributed by atoms with van der Waals surface area (Å²) in [5, 5.41) is 2.04. The molecular weight excluding hydrogens is 368 g/mol. The van der Waals surface area contributed by atoms with Gasteiger partial charge in [0.15, 0.2) is 5.16 Å². The normalized spacial score (nSPS) is 12.4. The van der Waals surface area contributed by atoms with Crippen molar-refractivity contribution in [2.24, 2.45) is 0 Å². The second-order valence-electron chi connectivity index (χ2n) is 6.03. The maximum Gasteiger partial charge on any atom is 0.262 e. The highest BCUT2D eigenvalue weighted by molar-refractivity contribution is 7.99. The number of nitrogens with zero attached hydrogens (tertiary/aromatic N) is 2. The zero-order chi connectivity index (χ0) is 18.5. The van der Waals surface area contributed by atoms with Crippen LogP contribution in [0.15, 0.2) is 58.5 Å². The van der Waals surface area contributed by atoms with Gasteiger partial charge >= 0.3 is 0 Å². The van der Waals surface area contributed by atoms with Gasteiger partial charge in [-0.2, -0.15) is 0 Å². The second-order valence-corrected chi connectivity index (χ2v) is 7.77. The zero-order valence-electron chi connectivity index (χ0n) is 14.8. The average molecular weight is 389 g/mol. The van der Waals surface area contributed by atoms with Gasteiger partial charge in [0.1, 0.15) is 0 Å². The van der Waals surface area contributed by atoms with Gasteiger partial charge in [0.2, 0.25) is 0 Å². The van der Waals surface area contributed by atoms with Gasteiger partial charge in [0, 0.05) is 30.5 Å². The van der Waals surface area contributed by atoms with E-state index in [0.29, 0.717) is 34.2 Å². The van der Waals surface area contributed by atoms with Crippen LogP contribution in [0.2, 0.25) is 5.02 Å². The van der Waals surface area contributed by atoms with Gasteiger partial charge in [-0.15, -0.1) is 0 Å². The molecule has 0 aliphatic carbocycles. The second kappa shape index (κ2) is 8.71. The van der Waals surface area contributed by atoms with E-state index in [1.165, 1.54) is 5.56 Å². The molecule has 2 aromatic carbocycles. The first kappa shape index (κ1) is 19.0. The lowest BCUT2D eigenvalue weighted by molar-refractivity contribution is 0.189. The summed E-state index contributed by atoms with van der Waals surface area (Å²) in [7, 11) is 1.66. The molecule has 3 aromatic rings. The van der Waals surface area contributed by atoms with Gasteiger partial charge in [-0.3, -0.25) is 9.36 Å². The molecule has 0 bridgehead atoms. The molecule has 3 rings (SSSR count). The van der Waals surface area contributed by atoms with E-state index in [4.69, 9.17) is 21.3 Å². The maximum absolute atomic E-state index is 13.0. The van der Waals surface area contributed by atoms with Gasteiger partial charge in [-0.25, -0.2) is 4.98 Å². The van der Waals surface area contributed by atoms with Crippen LogP contribution < -0.4 is 5.56 Å². The van der Waals surface area contributed by atoms with E-state index in [0.717, 1.165) is 6.42 Å². The fraction of sp³-hybridized carbons (Fsp3) is 0.300. The van der Waals surface area contributed by atoms with Gasteiger partial charge < -0.3 is 4.74 Å². The summed E-state index contributed by atoms with van der Waals surface area (Å²) in [6, 6.07) is 15.4. The number of hydrogen-bond acceptors (Lipinski definition) is 4. The Morgan fingerprint density at radius 3 is 2.73 bits per heavy atom. The highest BCUT2D eigenvalue weighted by atomic mass is 35.5. The van der Waals surface area contributed by atoms with Crippen molar-refractivity contribution in [2.75, 3.05) is 13.7 Å². The van der Waals surface area contributed by atoms with Crippen LogP contribution in [0.4, 0.5) is 0 Å². The molecule has 0 saturated carbocycles. The Bertz CT molecular complexity index is 944. The Hall–Kier alpha value is -1.82. The Morgan fingerprint density at radius 1 is 1.23 bits per heavy atom. The molecule has 4 nitrogen and oxygen atoms in total. The fourth-order valence-corrected chi connectivity index (χ4v) is 4.01. The summed E-state index contributed by atoms with van der Waals surface area (Å²) < 4.78 is 6.89. The molecule has 136 valence electrons. The lowest BCUT2D eigenvalue weighted by atomic mass is 10.2. The van der Waals surface area contributed by atoms with Crippen molar-refractivity contribution in [3.63, 3.8) is 0 Å². The lowest BCUT2D eigenvalue weighted by Crippen LogP contribution is -2.24. The molecule has 0 fully saturated rings. The molecule has 0 N–H and O–H groups in total.